The third kappa shape index (κ3) is 3.14. The van der Waals surface area contributed by atoms with Gasteiger partial charge in [-0.1, -0.05) is 0 Å². The van der Waals surface area contributed by atoms with E-state index in [9.17, 15) is 18.0 Å². The monoisotopic (exact) mass is 236 g/mol. The van der Waals surface area contributed by atoms with Gasteiger partial charge >= 0.3 is 6.18 Å². The second-order valence-corrected chi connectivity index (χ2v) is 3.23. The van der Waals surface area contributed by atoms with Crippen molar-refractivity contribution in [2.75, 3.05) is 12.3 Å². The van der Waals surface area contributed by atoms with Crippen LogP contribution < -0.4 is 11.1 Å². The van der Waals surface area contributed by atoms with Gasteiger partial charge in [0.05, 0.1) is 6.42 Å². The fourth-order valence-electron chi connectivity index (χ4n) is 1.14. The predicted octanol–water partition coefficient (Wildman–Crippen LogP) is 0.983. The van der Waals surface area contributed by atoms with Gasteiger partial charge in [-0.25, -0.2) is 0 Å². The largest absolute Gasteiger partial charge is 0.390 e. The van der Waals surface area contributed by atoms with E-state index in [-0.39, 0.29) is 11.4 Å². The highest BCUT2D eigenvalue weighted by Gasteiger charge is 2.27. The molecule has 16 heavy (non-hydrogen) atoms. The first-order valence-corrected chi connectivity index (χ1v) is 4.46. The van der Waals surface area contributed by atoms with Crippen LogP contribution in [-0.4, -0.2) is 28.8 Å². The molecular formula is C8H11F3N4O. The number of aromatic nitrogens is 2. The Morgan fingerprint density at radius 1 is 1.56 bits per heavy atom. The lowest BCUT2D eigenvalue weighted by molar-refractivity contribution is -0.132. The molecule has 1 rings (SSSR count). The minimum Gasteiger partial charge on any atom is -0.382 e. The highest BCUT2D eigenvalue weighted by Crippen LogP contribution is 2.18. The summed E-state index contributed by atoms with van der Waals surface area (Å²) < 4.78 is 35.4. The number of carbonyl (C=O) groups excluding carboxylic acids is 1. The zero-order chi connectivity index (χ0) is 12.3. The molecule has 8 heteroatoms. The van der Waals surface area contributed by atoms with Gasteiger partial charge in [0.15, 0.2) is 5.82 Å². The van der Waals surface area contributed by atoms with Gasteiger partial charge in [-0.2, -0.15) is 18.3 Å². The fourth-order valence-corrected chi connectivity index (χ4v) is 1.14. The molecule has 0 saturated carbocycles. The van der Waals surface area contributed by atoms with Gasteiger partial charge in [0, 0.05) is 12.2 Å². The second kappa shape index (κ2) is 4.42. The highest BCUT2D eigenvalue weighted by molar-refractivity contribution is 5.99. The lowest BCUT2D eigenvalue weighted by atomic mass is 10.2. The summed E-state index contributed by atoms with van der Waals surface area (Å²) in [6.07, 6.45) is -5.36. The number of aromatic amines is 1. The quantitative estimate of drug-likeness (QED) is 0.731. The zero-order valence-electron chi connectivity index (χ0n) is 8.48. The number of nitrogens with two attached hydrogens (primary N) is 1. The van der Waals surface area contributed by atoms with Crippen molar-refractivity contribution in [2.45, 2.75) is 19.5 Å². The van der Waals surface area contributed by atoms with Crippen molar-refractivity contribution in [3.63, 3.8) is 0 Å². The second-order valence-electron chi connectivity index (χ2n) is 3.23. The summed E-state index contributed by atoms with van der Waals surface area (Å²) in [5, 5.41) is 8.15. The van der Waals surface area contributed by atoms with Crippen LogP contribution in [0.15, 0.2) is 0 Å². The Bertz CT molecular complexity index is 366. The van der Waals surface area contributed by atoms with Crippen molar-refractivity contribution in [3.05, 3.63) is 11.3 Å². The van der Waals surface area contributed by atoms with Crippen LogP contribution in [0.3, 0.4) is 0 Å². The molecule has 0 fully saturated rings. The molecule has 4 N–H and O–H groups in total. The van der Waals surface area contributed by atoms with Crippen LogP contribution in [0.1, 0.15) is 22.5 Å². The molecular weight excluding hydrogens is 225 g/mol. The number of amides is 1. The van der Waals surface area contributed by atoms with E-state index in [1.165, 1.54) is 0 Å². The Kier molecular flexibility index (Phi) is 3.41. The molecule has 90 valence electrons. The van der Waals surface area contributed by atoms with Gasteiger partial charge in [-0.05, 0) is 6.92 Å². The maximum absolute atomic E-state index is 11.8. The van der Waals surface area contributed by atoms with E-state index in [0.29, 0.717) is 5.69 Å². The Morgan fingerprint density at radius 2 is 2.19 bits per heavy atom. The summed E-state index contributed by atoms with van der Waals surface area (Å²) >= 11 is 0. The van der Waals surface area contributed by atoms with Gasteiger partial charge in [-0.3, -0.25) is 9.89 Å². The Balaban J connectivity index is 2.54. The molecule has 0 aromatic carbocycles. The number of halogens is 3. The normalized spacial score (nSPS) is 11.5. The number of nitrogens with zero attached hydrogens (tertiary/aromatic N) is 1. The molecule has 5 nitrogen and oxygen atoms in total. The molecule has 0 aliphatic carbocycles. The number of aryl methyl sites for hydroxylation is 1. The van der Waals surface area contributed by atoms with E-state index < -0.39 is 25.0 Å². The first kappa shape index (κ1) is 12.3. The minimum absolute atomic E-state index is 0.0259. The number of H-pyrrole nitrogens is 1. The van der Waals surface area contributed by atoms with Gasteiger partial charge in [0.2, 0.25) is 0 Å². The molecule has 0 aliphatic heterocycles. The molecule has 1 amide bonds. The molecule has 0 aliphatic rings. The molecule has 0 atom stereocenters. The van der Waals surface area contributed by atoms with E-state index in [2.05, 4.69) is 15.5 Å². The summed E-state index contributed by atoms with van der Waals surface area (Å²) in [4.78, 5) is 11.4. The SMILES string of the molecule is Cc1[nH]nc(N)c1C(=O)NCCC(F)(F)F. The number of hydrogen-bond acceptors (Lipinski definition) is 3. The average molecular weight is 236 g/mol. The summed E-state index contributed by atoms with van der Waals surface area (Å²) in [7, 11) is 0. The Labute approximate surface area is 89.2 Å². The van der Waals surface area contributed by atoms with Crippen LogP contribution in [0.4, 0.5) is 19.0 Å². The smallest absolute Gasteiger partial charge is 0.382 e. The lowest BCUT2D eigenvalue weighted by Gasteiger charge is -2.07. The number of carbonyl (C=O) groups is 1. The van der Waals surface area contributed by atoms with Crippen LogP contribution in [-0.2, 0) is 0 Å². The van der Waals surface area contributed by atoms with Crippen LogP contribution >= 0.6 is 0 Å². The maximum atomic E-state index is 11.8. The molecule has 0 spiro atoms. The van der Waals surface area contributed by atoms with Crippen molar-refractivity contribution < 1.29 is 18.0 Å². The summed E-state index contributed by atoms with van der Waals surface area (Å²) in [6.45, 7) is 1.08. The highest BCUT2D eigenvalue weighted by atomic mass is 19.4. The topological polar surface area (TPSA) is 83.8 Å². The summed E-state index contributed by atoms with van der Waals surface area (Å²) in [5.41, 5.74) is 5.88. The fraction of sp³-hybridized carbons (Fsp3) is 0.500. The number of anilines is 1. The van der Waals surface area contributed by atoms with Gasteiger partial charge in [0.1, 0.15) is 5.56 Å². The minimum atomic E-state index is -4.29. The van der Waals surface area contributed by atoms with Crippen molar-refractivity contribution in [3.8, 4) is 0 Å². The zero-order valence-corrected chi connectivity index (χ0v) is 8.48. The van der Waals surface area contributed by atoms with Crippen molar-refractivity contribution in [1.82, 2.24) is 15.5 Å². The van der Waals surface area contributed by atoms with E-state index in [1.54, 1.807) is 6.92 Å². The summed E-state index contributed by atoms with van der Waals surface area (Å²) in [6, 6.07) is 0. The molecule has 0 radical (unpaired) electrons. The van der Waals surface area contributed by atoms with E-state index in [0.717, 1.165) is 0 Å². The summed E-state index contributed by atoms with van der Waals surface area (Å²) in [5.74, 6) is -0.685. The van der Waals surface area contributed by atoms with E-state index in [1.807, 2.05) is 0 Å². The number of hydrogen-bond donors (Lipinski definition) is 3. The van der Waals surface area contributed by atoms with Crippen molar-refractivity contribution >= 4 is 11.7 Å². The van der Waals surface area contributed by atoms with E-state index >= 15 is 0 Å². The number of alkyl halides is 3. The van der Waals surface area contributed by atoms with Crippen molar-refractivity contribution in [2.24, 2.45) is 0 Å². The van der Waals surface area contributed by atoms with Crippen LogP contribution in [0.25, 0.3) is 0 Å². The standard InChI is InChI=1S/C8H11F3N4O/c1-4-5(6(12)15-14-4)7(16)13-3-2-8(9,10)11/h2-3H2,1H3,(H,13,16)(H3,12,14,15). The number of nitrogen functional groups attached to an aromatic ring is 1. The predicted molar refractivity (Wildman–Crippen MR) is 50.7 cm³/mol. The molecule has 1 aromatic heterocycles. The third-order valence-corrected chi connectivity index (χ3v) is 1.90. The van der Waals surface area contributed by atoms with Crippen LogP contribution in [0.5, 0.6) is 0 Å². The Hall–Kier alpha value is -1.73. The molecule has 0 unspecified atom stereocenters. The van der Waals surface area contributed by atoms with Crippen LogP contribution in [0.2, 0.25) is 0 Å². The lowest BCUT2D eigenvalue weighted by Crippen LogP contribution is -2.28. The van der Waals surface area contributed by atoms with Gasteiger partial charge < -0.3 is 11.1 Å². The van der Waals surface area contributed by atoms with Gasteiger partial charge in [0.25, 0.3) is 5.91 Å². The molecule has 1 heterocycles. The average Bonchev–Trinajstić information content (AvgIpc) is 2.43. The van der Waals surface area contributed by atoms with Crippen LogP contribution in [0, 0.1) is 6.92 Å². The van der Waals surface area contributed by atoms with Gasteiger partial charge in [-0.15, -0.1) is 0 Å². The maximum Gasteiger partial charge on any atom is 0.390 e. The molecule has 0 bridgehead atoms. The first-order chi connectivity index (χ1) is 7.31. The Morgan fingerprint density at radius 3 is 2.62 bits per heavy atom. The van der Waals surface area contributed by atoms with E-state index in [4.69, 9.17) is 5.73 Å². The number of nitrogens with one attached hydrogen (secondary N) is 2. The van der Waals surface area contributed by atoms with Crippen molar-refractivity contribution in [1.29, 1.82) is 0 Å². The molecule has 0 saturated heterocycles. The molecule has 1 aromatic rings. The first-order valence-electron chi connectivity index (χ1n) is 4.46. The third-order valence-electron chi connectivity index (χ3n) is 1.90. The number of rotatable bonds is 3.